The van der Waals surface area contributed by atoms with E-state index in [2.05, 4.69) is 30.0 Å². The highest BCUT2D eigenvalue weighted by molar-refractivity contribution is 7.89. The number of aromatic amines is 1. The molecule has 33 heavy (non-hydrogen) atoms. The van der Waals surface area contributed by atoms with E-state index in [1.807, 2.05) is 25.3 Å². The standard InChI is InChI=1S/C22H21N7O3S/c1-2-14-12-32-22(28-14)18-11-26-21-17(4-6-25-21)20(18)27-15-8-16(9-15)29-33(30,31)19-7-13(10-23)3-5-24-19/h3-7,11-12,15-16,29H,2,8-9H2,1H3,(H2,25,26,27)/t15-,16-. The van der Waals surface area contributed by atoms with Crippen molar-refractivity contribution in [1.29, 1.82) is 5.26 Å². The van der Waals surface area contributed by atoms with Gasteiger partial charge in [-0.05, 0) is 37.5 Å². The number of rotatable bonds is 7. The van der Waals surface area contributed by atoms with Gasteiger partial charge in [0.25, 0.3) is 10.0 Å². The maximum absolute atomic E-state index is 12.6. The highest BCUT2D eigenvalue weighted by Crippen LogP contribution is 2.36. The van der Waals surface area contributed by atoms with Gasteiger partial charge in [-0.25, -0.2) is 28.1 Å². The van der Waals surface area contributed by atoms with Crippen molar-refractivity contribution < 1.29 is 12.8 Å². The molecule has 10 nitrogen and oxygen atoms in total. The number of aryl methyl sites for hydroxylation is 1. The van der Waals surface area contributed by atoms with E-state index in [4.69, 9.17) is 9.68 Å². The number of nitrogens with one attached hydrogen (secondary N) is 3. The number of nitriles is 1. The van der Waals surface area contributed by atoms with Crippen LogP contribution in [-0.4, -0.2) is 40.4 Å². The molecule has 4 heterocycles. The average Bonchev–Trinajstić information content (AvgIpc) is 3.47. The highest BCUT2D eigenvalue weighted by atomic mass is 32.2. The van der Waals surface area contributed by atoms with Gasteiger partial charge in [-0.1, -0.05) is 6.92 Å². The predicted molar refractivity (Wildman–Crippen MR) is 121 cm³/mol. The number of sulfonamides is 1. The lowest BCUT2D eigenvalue weighted by Crippen LogP contribution is -2.49. The number of fused-ring (bicyclic) bond motifs is 1. The van der Waals surface area contributed by atoms with Gasteiger partial charge in [-0.3, -0.25) is 0 Å². The molecule has 0 spiro atoms. The van der Waals surface area contributed by atoms with Crippen molar-refractivity contribution in [1.82, 2.24) is 24.7 Å². The zero-order valence-electron chi connectivity index (χ0n) is 17.7. The Balaban J connectivity index is 1.32. The van der Waals surface area contributed by atoms with Gasteiger partial charge in [0, 0.05) is 36.1 Å². The Labute approximate surface area is 190 Å². The second-order valence-corrected chi connectivity index (χ2v) is 9.57. The van der Waals surface area contributed by atoms with E-state index in [0.717, 1.165) is 34.4 Å². The SMILES string of the molecule is CCc1coc(-c2cnc3[nH]ccc3c2N[C@H]2C[C@H](NS(=O)(=O)c3cc(C#N)ccn3)C2)n1. The number of hydrogen-bond donors (Lipinski definition) is 3. The maximum Gasteiger partial charge on any atom is 0.258 e. The number of hydrogen-bond acceptors (Lipinski definition) is 8. The fraction of sp³-hybridized carbons (Fsp3) is 0.273. The Hall–Kier alpha value is -3.75. The molecule has 0 aliphatic heterocycles. The van der Waals surface area contributed by atoms with Gasteiger partial charge in [0.1, 0.15) is 11.9 Å². The fourth-order valence-corrected chi connectivity index (χ4v) is 5.09. The number of anilines is 1. The molecule has 4 aromatic heterocycles. The van der Waals surface area contributed by atoms with Gasteiger partial charge in [-0.2, -0.15) is 5.26 Å². The van der Waals surface area contributed by atoms with Crippen molar-refractivity contribution in [3.63, 3.8) is 0 Å². The third kappa shape index (κ3) is 4.06. The van der Waals surface area contributed by atoms with E-state index < -0.39 is 10.0 Å². The van der Waals surface area contributed by atoms with Gasteiger partial charge in [0.05, 0.1) is 28.6 Å². The molecule has 0 amide bonds. The van der Waals surface area contributed by atoms with E-state index >= 15 is 0 Å². The molecule has 1 saturated carbocycles. The molecule has 0 saturated heterocycles. The summed E-state index contributed by atoms with van der Waals surface area (Å²) in [5, 5.41) is 13.3. The molecule has 5 rings (SSSR count). The summed E-state index contributed by atoms with van der Waals surface area (Å²) in [5.74, 6) is 0.491. The smallest absolute Gasteiger partial charge is 0.258 e. The lowest BCUT2D eigenvalue weighted by molar-refractivity contribution is 0.346. The topological polar surface area (TPSA) is 150 Å². The van der Waals surface area contributed by atoms with E-state index in [9.17, 15) is 8.42 Å². The van der Waals surface area contributed by atoms with E-state index in [-0.39, 0.29) is 22.7 Å². The van der Waals surface area contributed by atoms with Crippen molar-refractivity contribution in [2.24, 2.45) is 0 Å². The molecule has 0 radical (unpaired) electrons. The van der Waals surface area contributed by atoms with Crippen LogP contribution in [0.25, 0.3) is 22.5 Å². The molecule has 11 heteroatoms. The monoisotopic (exact) mass is 463 g/mol. The molecule has 0 atom stereocenters. The zero-order valence-corrected chi connectivity index (χ0v) is 18.6. The molecule has 1 fully saturated rings. The summed E-state index contributed by atoms with van der Waals surface area (Å²) >= 11 is 0. The molecular formula is C22H21N7O3S. The lowest BCUT2D eigenvalue weighted by atomic mass is 9.87. The molecular weight excluding hydrogens is 442 g/mol. The van der Waals surface area contributed by atoms with E-state index in [1.165, 1.54) is 18.3 Å². The zero-order chi connectivity index (χ0) is 23.0. The first-order valence-corrected chi connectivity index (χ1v) is 12.0. The minimum atomic E-state index is -3.81. The maximum atomic E-state index is 12.6. The van der Waals surface area contributed by atoms with Gasteiger partial charge >= 0.3 is 0 Å². The van der Waals surface area contributed by atoms with Crippen molar-refractivity contribution in [3.8, 4) is 17.5 Å². The summed E-state index contributed by atoms with van der Waals surface area (Å²) < 4.78 is 33.6. The fourth-order valence-electron chi connectivity index (χ4n) is 3.86. The number of H-pyrrole nitrogens is 1. The molecule has 1 aliphatic rings. The Morgan fingerprint density at radius 1 is 1.27 bits per heavy atom. The van der Waals surface area contributed by atoms with Crippen molar-refractivity contribution in [2.45, 2.75) is 43.3 Å². The van der Waals surface area contributed by atoms with Crippen molar-refractivity contribution in [3.05, 3.63) is 54.3 Å². The summed E-state index contributed by atoms with van der Waals surface area (Å²) in [4.78, 5) is 16.0. The van der Waals surface area contributed by atoms with Crippen molar-refractivity contribution >= 4 is 26.7 Å². The van der Waals surface area contributed by atoms with Gasteiger partial charge in [-0.15, -0.1) is 0 Å². The predicted octanol–water partition coefficient (Wildman–Crippen LogP) is 2.97. The van der Waals surface area contributed by atoms with Crippen LogP contribution < -0.4 is 10.0 Å². The van der Waals surface area contributed by atoms with Crippen LogP contribution in [0.15, 0.2) is 52.5 Å². The molecule has 0 aromatic carbocycles. The Bertz CT molecular complexity index is 1460. The van der Waals surface area contributed by atoms with Gasteiger partial charge < -0.3 is 14.7 Å². The second-order valence-electron chi connectivity index (χ2n) is 7.91. The Morgan fingerprint density at radius 3 is 2.88 bits per heavy atom. The van der Waals surface area contributed by atoms with Gasteiger partial charge in [0.2, 0.25) is 5.89 Å². The minimum Gasteiger partial charge on any atom is -0.444 e. The molecule has 3 N–H and O–H groups in total. The summed E-state index contributed by atoms with van der Waals surface area (Å²) in [6, 6.07) is 6.41. The normalized spacial score (nSPS) is 18.1. The summed E-state index contributed by atoms with van der Waals surface area (Å²) in [5.41, 5.74) is 3.45. The van der Waals surface area contributed by atoms with Crippen LogP contribution in [-0.2, 0) is 16.4 Å². The van der Waals surface area contributed by atoms with Crippen LogP contribution in [0.1, 0.15) is 31.0 Å². The molecule has 4 aromatic rings. The van der Waals surface area contributed by atoms with Crippen LogP contribution in [0, 0.1) is 11.3 Å². The first kappa shape index (κ1) is 21.1. The first-order valence-electron chi connectivity index (χ1n) is 10.5. The highest BCUT2D eigenvalue weighted by Gasteiger charge is 2.34. The molecule has 1 aliphatic carbocycles. The Morgan fingerprint density at radius 2 is 2.12 bits per heavy atom. The summed E-state index contributed by atoms with van der Waals surface area (Å²) in [6.07, 6.45) is 8.46. The van der Waals surface area contributed by atoms with Gasteiger partial charge in [0.15, 0.2) is 5.03 Å². The lowest BCUT2D eigenvalue weighted by Gasteiger charge is -2.37. The third-order valence-corrected chi connectivity index (χ3v) is 7.10. The summed E-state index contributed by atoms with van der Waals surface area (Å²) in [6.45, 7) is 2.01. The Kier molecular flexibility index (Phi) is 5.32. The van der Waals surface area contributed by atoms with Crippen LogP contribution >= 0.6 is 0 Å². The van der Waals surface area contributed by atoms with E-state index in [1.54, 1.807) is 12.5 Å². The van der Waals surface area contributed by atoms with Crippen LogP contribution in [0.2, 0.25) is 0 Å². The molecule has 0 bridgehead atoms. The number of pyridine rings is 2. The van der Waals surface area contributed by atoms with Crippen LogP contribution in [0.5, 0.6) is 0 Å². The van der Waals surface area contributed by atoms with Crippen LogP contribution in [0.3, 0.4) is 0 Å². The average molecular weight is 464 g/mol. The van der Waals surface area contributed by atoms with E-state index in [0.29, 0.717) is 18.7 Å². The first-order chi connectivity index (χ1) is 16.0. The largest absolute Gasteiger partial charge is 0.444 e. The van der Waals surface area contributed by atoms with Crippen LogP contribution in [0.4, 0.5) is 5.69 Å². The summed E-state index contributed by atoms with van der Waals surface area (Å²) in [7, 11) is -3.81. The third-order valence-electron chi connectivity index (χ3n) is 5.68. The molecule has 168 valence electrons. The quantitative estimate of drug-likeness (QED) is 0.379. The van der Waals surface area contributed by atoms with Crippen molar-refractivity contribution in [2.75, 3.05) is 5.32 Å². The minimum absolute atomic E-state index is 0.0518. The second kappa shape index (κ2) is 8.31. The molecule has 0 unspecified atom stereocenters. The number of oxazole rings is 1. The number of nitrogens with zero attached hydrogens (tertiary/aromatic N) is 4. The number of aromatic nitrogens is 4.